The number of hydrogen-bond acceptors (Lipinski definition) is 8. The van der Waals surface area contributed by atoms with Crippen LogP contribution in [0.1, 0.15) is 219 Å². The van der Waals surface area contributed by atoms with Crippen LogP contribution in [0, 0.1) is 0 Å². The highest BCUT2D eigenvalue weighted by molar-refractivity contribution is 5.70. The molecular formula is C60H103NO8. The van der Waals surface area contributed by atoms with E-state index in [1.54, 1.807) is 0 Å². The number of carbonyl (C=O) groups is 3. The summed E-state index contributed by atoms with van der Waals surface area (Å²) < 4.78 is 22.6. The number of hydrogen-bond donors (Lipinski definition) is 0. The molecule has 0 aromatic heterocycles. The molecule has 69 heavy (non-hydrogen) atoms. The average molecular weight is 966 g/mol. The number of rotatable bonds is 50. The quantitative estimate of drug-likeness (QED) is 0.0195. The topological polar surface area (TPSA) is 111 Å². The van der Waals surface area contributed by atoms with E-state index in [4.69, 9.17) is 18.9 Å². The van der Waals surface area contributed by atoms with Gasteiger partial charge in [0, 0.05) is 12.8 Å². The van der Waals surface area contributed by atoms with Crippen molar-refractivity contribution < 1.29 is 42.9 Å². The Morgan fingerprint density at radius 1 is 0.449 bits per heavy atom. The summed E-state index contributed by atoms with van der Waals surface area (Å²) in [6, 6.07) is 0. The second kappa shape index (κ2) is 50.8. The summed E-state index contributed by atoms with van der Waals surface area (Å²) in [7, 11) is 5.90. The maximum absolute atomic E-state index is 12.8. The normalized spacial score (nSPS) is 13.5. The van der Waals surface area contributed by atoms with Gasteiger partial charge in [-0.05, 0) is 89.9 Å². The van der Waals surface area contributed by atoms with Crippen molar-refractivity contribution in [1.82, 2.24) is 0 Å². The maximum atomic E-state index is 12.8. The largest absolute Gasteiger partial charge is 0.545 e. The van der Waals surface area contributed by atoms with Crippen molar-refractivity contribution in [2.75, 3.05) is 47.5 Å². The van der Waals surface area contributed by atoms with Crippen molar-refractivity contribution >= 4 is 17.9 Å². The molecule has 2 unspecified atom stereocenters. The molecule has 0 spiro atoms. The number of allylic oxidation sites excluding steroid dienone is 14. The van der Waals surface area contributed by atoms with Crippen molar-refractivity contribution in [2.24, 2.45) is 0 Å². The third-order valence-corrected chi connectivity index (χ3v) is 11.6. The number of nitrogens with zero attached hydrogens (tertiary/aromatic N) is 1. The lowest BCUT2D eigenvalue weighted by atomic mass is 10.0. The van der Waals surface area contributed by atoms with Gasteiger partial charge >= 0.3 is 11.9 Å². The van der Waals surface area contributed by atoms with E-state index < -0.39 is 24.3 Å². The highest BCUT2D eigenvalue weighted by atomic mass is 16.7. The zero-order valence-electron chi connectivity index (χ0n) is 44.9. The predicted molar refractivity (Wildman–Crippen MR) is 288 cm³/mol. The van der Waals surface area contributed by atoms with E-state index in [2.05, 4.69) is 98.9 Å². The van der Waals surface area contributed by atoms with Crippen LogP contribution in [-0.4, -0.2) is 82.3 Å². The lowest BCUT2D eigenvalue weighted by molar-refractivity contribution is -0.870. The Kier molecular flexibility index (Phi) is 48.2. The van der Waals surface area contributed by atoms with Crippen LogP contribution in [0.4, 0.5) is 0 Å². The highest BCUT2D eigenvalue weighted by Crippen LogP contribution is 2.15. The third kappa shape index (κ3) is 52.1. The summed E-state index contributed by atoms with van der Waals surface area (Å²) in [5.74, 6) is -2.35. The summed E-state index contributed by atoms with van der Waals surface area (Å²) in [6.07, 6.45) is 63.4. The van der Waals surface area contributed by atoms with Gasteiger partial charge in [0.05, 0.1) is 40.3 Å². The van der Waals surface area contributed by atoms with Gasteiger partial charge in [0.25, 0.3) is 0 Å². The Morgan fingerprint density at radius 2 is 0.826 bits per heavy atom. The fourth-order valence-corrected chi connectivity index (χ4v) is 7.36. The van der Waals surface area contributed by atoms with E-state index in [9.17, 15) is 19.5 Å². The van der Waals surface area contributed by atoms with E-state index in [0.29, 0.717) is 17.4 Å². The van der Waals surface area contributed by atoms with Crippen LogP contribution in [-0.2, 0) is 33.3 Å². The average Bonchev–Trinajstić information content (AvgIpc) is 3.31. The fourth-order valence-electron chi connectivity index (χ4n) is 7.36. The number of unbranched alkanes of at least 4 members (excludes halogenated alkanes) is 21. The fraction of sp³-hybridized carbons (Fsp3) is 0.717. The lowest BCUT2D eigenvalue weighted by Crippen LogP contribution is -2.44. The third-order valence-electron chi connectivity index (χ3n) is 11.6. The summed E-state index contributed by atoms with van der Waals surface area (Å²) in [4.78, 5) is 37.2. The summed E-state index contributed by atoms with van der Waals surface area (Å²) in [6.45, 7) is 4.58. The van der Waals surface area contributed by atoms with E-state index in [1.807, 2.05) is 21.1 Å². The number of likely N-dealkylation sites (N-methyl/N-ethyl adjacent to an activating group) is 1. The van der Waals surface area contributed by atoms with E-state index in [0.717, 1.165) is 70.6 Å². The van der Waals surface area contributed by atoms with Gasteiger partial charge < -0.3 is 33.3 Å². The Morgan fingerprint density at radius 3 is 1.28 bits per heavy atom. The highest BCUT2D eigenvalue weighted by Gasteiger charge is 2.22. The van der Waals surface area contributed by atoms with Crippen molar-refractivity contribution in [3.63, 3.8) is 0 Å². The Labute approximate surface area is 423 Å². The molecule has 0 radical (unpaired) electrons. The van der Waals surface area contributed by atoms with Crippen LogP contribution in [0.5, 0.6) is 0 Å². The number of ether oxygens (including phenoxy) is 4. The molecule has 0 N–H and O–H groups in total. The molecule has 0 aliphatic carbocycles. The summed E-state index contributed by atoms with van der Waals surface area (Å²) in [5, 5.41) is 11.8. The van der Waals surface area contributed by atoms with Crippen LogP contribution in [0.2, 0.25) is 0 Å². The molecule has 0 aliphatic rings. The van der Waals surface area contributed by atoms with E-state index >= 15 is 0 Å². The summed E-state index contributed by atoms with van der Waals surface area (Å²) >= 11 is 0. The Bertz CT molecular complexity index is 1400. The Balaban J connectivity index is 4.36. The smallest absolute Gasteiger partial charge is 0.306 e. The standard InChI is InChI=1S/C60H103NO8/c1-6-8-10-12-14-16-18-20-22-24-26-28-29-31-32-34-36-38-40-42-44-46-48-50-57(62)67-54-56(55-68-60(59(64)65)66-53-52-61(3,4)5)69-58(63)51-49-47-45-43-41-39-37-35-33-30-27-25-23-21-19-17-15-13-11-9-7-2/h9,11,15,17,21,23-24,26-27,30,35,37,41,43,56,60H,6-8,10,12-14,16,18-20,22,25,28-29,31-34,36,38-40,42,44-55H2,1-5H3/b11-9-,17-15-,23-21-,26-24-,30-27-,37-35-,43-41-. The molecule has 0 fully saturated rings. The molecule has 0 aromatic carbocycles. The second-order valence-corrected chi connectivity index (χ2v) is 19.5. The monoisotopic (exact) mass is 966 g/mol. The summed E-state index contributed by atoms with van der Waals surface area (Å²) in [5.41, 5.74) is 0. The van der Waals surface area contributed by atoms with Crippen molar-refractivity contribution in [1.29, 1.82) is 0 Å². The van der Waals surface area contributed by atoms with Crippen molar-refractivity contribution in [3.8, 4) is 0 Å². The molecule has 0 heterocycles. The number of quaternary nitrogens is 1. The van der Waals surface area contributed by atoms with Gasteiger partial charge in [-0.2, -0.15) is 0 Å². The van der Waals surface area contributed by atoms with Crippen LogP contribution >= 0.6 is 0 Å². The maximum Gasteiger partial charge on any atom is 0.306 e. The number of carboxylic acids is 1. The van der Waals surface area contributed by atoms with Gasteiger partial charge in [-0.25, -0.2) is 0 Å². The van der Waals surface area contributed by atoms with Crippen LogP contribution in [0.25, 0.3) is 0 Å². The molecule has 0 rings (SSSR count). The number of aliphatic carboxylic acids is 1. The van der Waals surface area contributed by atoms with Gasteiger partial charge in [0.2, 0.25) is 0 Å². The Hall–Kier alpha value is -3.53. The zero-order chi connectivity index (χ0) is 50.6. The number of carboxylic acid groups (broad SMARTS) is 1. The van der Waals surface area contributed by atoms with Crippen LogP contribution in [0.3, 0.4) is 0 Å². The number of esters is 2. The minimum Gasteiger partial charge on any atom is -0.545 e. The van der Waals surface area contributed by atoms with Gasteiger partial charge in [-0.1, -0.05) is 202 Å². The first-order chi connectivity index (χ1) is 33.6. The molecule has 0 saturated carbocycles. The van der Waals surface area contributed by atoms with Crippen molar-refractivity contribution in [3.05, 3.63) is 85.1 Å². The minimum atomic E-state index is -1.64. The predicted octanol–water partition coefficient (Wildman–Crippen LogP) is 14.7. The van der Waals surface area contributed by atoms with Crippen molar-refractivity contribution in [2.45, 2.75) is 232 Å². The molecule has 0 amide bonds. The minimum absolute atomic E-state index is 0.135. The van der Waals surface area contributed by atoms with Gasteiger partial charge in [0.15, 0.2) is 12.4 Å². The molecule has 0 aliphatic heterocycles. The SMILES string of the molecule is CC/C=C\C/C=C\C/C=C\C/C=C\C/C=C\C/C=C\CCCCC(=O)OC(COC(=O)CCCCCCCCCCCCC/C=C\CCCCCCCCCC)COC(OCC[N+](C)(C)C)C(=O)[O-]. The first-order valence-corrected chi connectivity index (χ1v) is 27.7. The first kappa shape index (κ1) is 65.5. The molecule has 0 bridgehead atoms. The molecule has 0 saturated heterocycles. The molecule has 396 valence electrons. The van der Waals surface area contributed by atoms with E-state index in [-0.39, 0.29) is 38.6 Å². The van der Waals surface area contributed by atoms with Gasteiger partial charge in [0.1, 0.15) is 13.2 Å². The molecular weight excluding hydrogens is 863 g/mol. The van der Waals surface area contributed by atoms with Gasteiger partial charge in [-0.15, -0.1) is 0 Å². The van der Waals surface area contributed by atoms with Crippen LogP contribution < -0.4 is 5.11 Å². The van der Waals surface area contributed by atoms with E-state index in [1.165, 1.54) is 116 Å². The molecule has 0 aromatic rings. The first-order valence-electron chi connectivity index (χ1n) is 27.7. The van der Waals surface area contributed by atoms with Crippen LogP contribution in [0.15, 0.2) is 85.1 Å². The molecule has 2 atom stereocenters. The number of carbonyl (C=O) groups excluding carboxylic acids is 3. The zero-order valence-corrected chi connectivity index (χ0v) is 44.9. The second-order valence-electron chi connectivity index (χ2n) is 19.5. The lowest BCUT2D eigenvalue weighted by Gasteiger charge is -2.26. The molecule has 9 heteroatoms. The van der Waals surface area contributed by atoms with Gasteiger partial charge in [-0.3, -0.25) is 9.59 Å². The molecule has 9 nitrogen and oxygen atoms in total.